The Morgan fingerprint density at radius 2 is 1.85 bits per heavy atom. The van der Waals surface area contributed by atoms with Crippen LogP contribution in [0.3, 0.4) is 0 Å². The molecule has 0 bridgehead atoms. The monoisotopic (exact) mass is 282 g/mol. The van der Waals surface area contributed by atoms with Crippen molar-refractivity contribution in [2.75, 3.05) is 13.1 Å². The van der Waals surface area contributed by atoms with E-state index in [0.717, 1.165) is 25.9 Å². The Hall–Kier alpha value is -1.10. The molecule has 1 aliphatic heterocycles. The molecule has 0 spiro atoms. The molecule has 20 heavy (non-hydrogen) atoms. The van der Waals surface area contributed by atoms with Crippen molar-refractivity contribution in [3.8, 4) is 0 Å². The molecule has 1 saturated carbocycles. The Bertz CT molecular complexity index is 400. The molecule has 114 valence electrons. The zero-order chi connectivity index (χ0) is 15.0. The van der Waals surface area contributed by atoms with Gasteiger partial charge >= 0.3 is 5.97 Å². The SMILES string of the molecule is CC1(C)CNCCC(NC(=O)C2(C)CC(C(=O)O)C2)C1. The average molecular weight is 282 g/mol. The fourth-order valence-electron chi connectivity index (χ4n) is 3.42. The highest BCUT2D eigenvalue weighted by Crippen LogP contribution is 2.45. The summed E-state index contributed by atoms with van der Waals surface area (Å²) in [5.74, 6) is -1.11. The molecule has 1 unspecified atom stereocenters. The molecule has 1 aliphatic carbocycles. The topological polar surface area (TPSA) is 78.4 Å². The van der Waals surface area contributed by atoms with E-state index in [0.29, 0.717) is 12.8 Å². The minimum atomic E-state index is -0.782. The zero-order valence-corrected chi connectivity index (χ0v) is 12.7. The van der Waals surface area contributed by atoms with E-state index in [9.17, 15) is 9.59 Å². The molecule has 5 nitrogen and oxygen atoms in total. The van der Waals surface area contributed by atoms with Gasteiger partial charge in [0.25, 0.3) is 0 Å². The zero-order valence-electron chi connectivity index (χ0n) is 12.7. The van der Waals surface area contributed by atoms with Crippen LogP contribution in [0.4, 0.5) is 0 Å². The number of carboxylic acid groups (broad SMARTS) is 1. The molecule has 2 rings (SSSR count). The third-order valence-corrected chi connectivity index (χ3v) is 4.70. The molecule has 1 saturated heterocycles. The summed E-state index contributed by atoms with van der Waals surface area (Å²) in [6.45, 7) is 8.18. The second kappa shape index (κ2) is 5.35. The van der Waals surface area contributed by atoms with Crippen LogP contribution < -0.4 is 10.6 Å². The lowest BCUT2D eigenvalue weighted by molar-refractivity contribution is -0.154. The first-order valence-corrected chi connectivity index (χ1v) is 7.46. The van der Waals surface area contributed by atoms with Gasteiger partial charge in [0.15, 0.2) is 0 Å². The molecule has 0 aromatic heterocycles. The number of aliphatic carboxylic acids is 1. The first-order valence-electron chi connectivity index (χ1n) is 7.46. The number of rotatable bonds is 3. The van der Waals surface area contributed by atoms with Crippen LogP contribution in [0.1, 0.15) is 46.5 Å². The van der Waals surface area contributed by atoms with Crippen LogP contribution >= 0.6 is 0 Å². The number of carboxylic acids is 1. The summed E-state index contributed by atoms with van der Waals surface area (Å²) in [4.78, 5) is 23.3. The quantitative estimate of drug-likeness (QED) is 0.731. The van der Waals surface area contributed by atoms with E-state index in [4.69, 9.17) is 5.11 Å². The van der Waals surface area contributed by atoms with E-state index in [2.05, 4.69) is 24.5 Å². The third kappa shape index (κ3) is 3.32. The van der Waals surface area contributed by atoms with Gasteiger partial charge in [0.2, 0.25) is 5.91 Å². The van der Waals surface area contributed by atoms with Gasteiger partial charge in [-0.25, -0.2) is 0 Å². The molecule has 2 aliphatic rings. The van der Waals surface area contributed by atoms with E-state index in [-0.39, 0.29) is 23.3 Å². The minimum absolute atomic E-state index is 0.0256. The highest BCUT2D eigenvalue weighted by Gasteiger charge is 2.49. The predicted octanol–water partition coefficient (Wildman–Crippen LogP) is 1.38. The van der Waals surface area contributed by atoms with Gasteiger partial charge in [-0.2, -0.15) is 0 Å². The van der Waals surface area contributed by atoms with Gasteiger partial charge in [0.1, 0.15) is 0 Å². The number of hydrogen-bond acceptors (Lipinski definition) is 3. The van der Waals surface area contributed by atoms with Gasteiger partial charge in [0.05, 0.1) is 5.92 Å². The lowest BCUT2D eigenvalue weighted by Gasteiger charge is -2.42. The summed E-state index contributed by atoms with van der Waals surface area (Å²) in [7, 11) is 0. The molecule has 1 atom stereocenters. The summed E-state index contributed by atoms with van der Waals surface area (Å²) < 4.78 is 0. The third-order valence-electron chi connectivity index (χ3n) is 4.70. The number of carbonyl (C=O) groups is 2. The van der Waals surface area contributed by atoms with Crippen molar-refractivity contribution in [1.82, 2.24) is 10.6 Å². The van der Waals surface area contributed by atoms with Crippen LogP contribution in [-0.2, 0) is 9.59 Å². The fourth-order valence-corrected chi connectivity index (χ4v) is 3.42. The smallest absolute Gasteiger partial charge is 0.306 e. The maximum absolute atomic E-state index is 12.4. The van der Waals surface area contributed by atoms with Crippen molar-refractivity contribution in [3.05, 3.63) is 0 Å². The fraction of sp³-hybridized carbons (Fsp3) is 0.867. The Morgan fingerprint density at radius 3 is 2.45 bits per heavy atom. The summed E-state index contributed by atoms with van der Waals surface area (Å²) in [5.41, 5.74) is -0.314. The summed E-state index contributed by atoms with van der Waals surface area (Å²) in [6.07, 6.45) is 2.82. The van der Waals surface area contributed by atoms with Gasteiger partial charge in [0, 0.05) is 18.0 Å². The van der Waals surface area contributed by atoms with Crippen molar-refractivity contribution in [1.29, 1.82) is 0 Å². The Labute approximate surface area is 120 Å². The molecule has 1 heterocycles. The first-order chi connectivity index (χ1) is 9.22. The van der Waals surface area contributed by atoms with Crippen molar-refractivity contribution < 1.29 is 14.7 Å². The number of nitrogens with one attached hydrogen (secondary N) is 2. The summed E-state index contributed by atoms with van der Waals surface area (Å²) >= 11 is 0. The Balaban J connectivity index is 1.90. The van der Waals surface area contributed by atoms with Crippen LogP contribution in [0.15, 0.2) is 0 Å². The lowest BCUT2D eigenvalue weighted by Crippen LogP contribution is -2.52. The molecule has 0 aromatic carbocycles. The molecule has 0 radical (unpaired) electrons. The second-order valence-corrected chi connectivity index (χ2v) is 7.51. The van der Waals surface area contributed by atoms with Crippen molar-refractivity contribution >= 4 is 11.9 Å². The van der Waals surface area contributed by atoms with Gasteiger partial charge in [-0.15, -0.1) is 0 Å². The normalized spacial score (nSPS) is 36.5. The molecule has 0 aromatic rings. The van der Waals surface area contributed by atoms with E-state index in [1.807, 2.05) is 6.92 Å². The predicted molar refractivity (Wildman–Crippen MR) is 76.3 cm³/mol. The molecule has 1 amide bonds. The van der Waals surface area contributed by atoms with Crippen LogP contribution in [0.2, 0.25) is 0 Å². The van der Waals surface area contributed by atoms with Crippen molar-refractivity contribution in [2.45, 2.75) is 52.5 Å². The van der Waals surface area contributed by atoms with Crippen LogP contribution in [0.25, 0.3) is 0 Å². The number of amides is 1. The van der Waals surface area contributed by atoms with Gasteiger partial charge in [-0.3, -0.25) is 9.59 Å². The summed E-state index contributed by atoms with van der Waals surface area (Å²) in [6, 6.07) is 0.188. The van der Waals surface area contributed by atoms with Crippen LogP contribution in [0.5, 0.6) is 0 Å². The molecule has 5 heteroatoms. The first kappa shape index (κ1) is 15.3. The van der Waals surface area contributed by atoms with E-state index in [1.54, 1.807) is 0 Å². The van der Waals surface area contributed by atoms with Gasteiger partial charge in [-0.1, -0.05) is 20.8 Å². The highest BCUT2D eigenvalue weighted by atomic mass is 16.4. The van der Waals surface area contributed by atoms with Crippen LogP contribution in [0, 0.1) is 16.7 Å². The van der Waals surface area contributed by atoms with E-state index in [1.165, 1.54) is 0 Å². The van der Waals surface area contributed by atoms with Gasteiger partial charge in [-0.05, 0) is 37.6 Å². The number of hydrogen-bond donors (Lipinski definition) is 3. The second-order valence-electron chi connectivity index (χ2n) is 7.51. The standard InChI is InChI=1S/C15H26N2O3/c1-14(2)8-11(4-5-16-9-14)17-13(20)15(3)6-10(7-15)12(18)19/h10-11,16H,4-9H2,1-3H3,(H,17,20)(H,18,19). The van der Waals surface area contributed by atoms with Gasteiger partial charge < -0.3 is 15.7 Å². The average Bonchev–Trinajstić information content (AvgIpc) is 2.45. The van der Waals surface area contributed by atoms with E-state index < -0.39 is 11.4 Å². The Morgan fingerprint density at radius 1 is 1.20 bits per heavy atom. The number of carbonyl (C=O) groups excluding carboxylic acids is 1. The lowest BCUT2D eigenvalue weighted by atomic mass is 9.62. The summed E-state index contributed by atoms with van der Waals surface area (Å²) in [5, 5.41) is 15.5. The molecule has 3 N–H and O–H groups in total. The minimum Gasteiger partial charge on any atom is -0.481 e. The highest BCUT2D eigenvalue weighted by molar-refractivity contribution is 5.86. The molecular formula is C15H26N2O3. The largest absolute Gasteiger partial charge is 0.481 e. The molecule has 2 fully saturated rings. The van der Waals surface area contributed by atoms with Crippen LogP contribution in [-0.4, -0.2) is 36.1 Å². The van der Waals surface area contributed by atoms with Crippen molar-refractivity contribution in [2.24, 2.45) is 16.7 Å². The molecular weight excluding hydrogens is 256 g/mol. The van der Waals surface area contributed by atoms with E-state index >= 15 is 0 Å². The maximum atomic E-state index is 12.4. The Kier molecular flexibility index (Phi) is 4.09. The maximum Gasteiger partial charge on any atom is 0.306 e. The van der Waals surface area contributed by atoms with Crippen molar-refractivity contribution in [3.63, 3.8) is 0 Å².